The molecule has 14 atom stereocenters. The van der Waals surface area contributed by atoms with E-state index in [1.165, 1.54) is 49.6 Å². The number of methoxy groups -OCH3 is 1. The Bertz CT molecular complexity index is 1590. The van der Waals surface area contributed by atoms with Gasteiger partial charge in [-0.05, 0) is 47.9 Å². The number of aliphatic hydroxyl groups is 8. The van der Waals surface area contributed by atoms with E-state index in [9.17, 15) is 61.0 Å². The summed E-state index contributed by atoms with van der Waals surface area (Å²) in [7, 11) is 1.35. The SMILES string of the molecule is COc1cc(/C=C/C(=O)OC[C@H]2O[C@@H](OCCc3ccc(O)c(O)c3)[C@H](O[C@@H]3OC[C@H](O)[C@H](O)[C@H]3O)[C@@H](O[C@@H]3O[C@H](CO)[C@@H](O)[C@H](O)[C@H]3O)[C@@H]2O)ccc1O. The summed E-state index contributed by atoms with van der Waals surface area (Å²) in [5.74, 6) is -1.62. The first-order valence-corrected chi connectivity index (χ1v) is 17.2. The summed E-state index contributed by atoms with van der Waals surface area (Å²) < 4.78 is 45.2. The van der Waals surface area contributed by atoms with Crippen molar-refractivity contribution in [3.05, 3.63) is 53.6 Å². The second-order valence-corrected chi connectivity index (χ2v) is 13.0. The number of rotatable bonds is 14. The lowest BCUT2D eigenvalue weighted by molar-refractivity contribution is -0.386. The van der Waals surface area contributed by atoms with Gasteiger partial charge in [0.1, 0.15) is 73.8 Å². The Kier molecular flexibility index (Phi) is 14.6. The molecule has 11 N–H and O–H groups in total. The van der Waals surface area contributed by atoms with Gasteiger partial charge in [-0.1, -0.05) is 12.1 Å². The van der Waals surface area contributed by atoms with Gasteiger partial charge in [-0.25, -0.2) is 4.79 Å². The van der Waals surface area contributed by atoms with Gasteiger partial charge in [-0.3, -0.25) is 0 Å². The summed E-state index contributed by atoms with van der Waals surface area (Å²) >= 11 is 0. The zero-order valence-corrected chi connectivity index (χ0v) is 29.3. The van der Waals surface area contributed by atoms with E-state index in [4.69, 9.17) is 37.9 Å². The minimum atomic E-state index is -1.96. The van der Waals surface area contributed by atoms with E-state index in [0.717, 1.165) is 6.08 Å². The largest absolute Gasteiger partial charge is 0.504 e. The van der Waals surface area contributed by atoms with Crippen LogP contribution in [-0.4, -0.2) is 182 Å². The molecule has 0 bridgehead atoms. The predicted octanol–water partition coefficient (Wildman–Crippen LogP) is -3.28. The second kappa shape index (κ2) is 19.0. The van der Waals surface area contributed by atoms with E-state index in [0.29, 0.717) is 11.1 Å². The van der Waals surface area contributed by atoms with E-state index in [1.54, 1.807) is 0 Å². The summed E-state index contributed by atoms with van der Waals surface area (Å²) in [5.41, 5.74) is 0.970. The molecule has 2 aromatic carbocycles. The maximum Gasteiger partial charge on any atom is 0.330 e. The summed E-state index contributed by atoms with van der Waals surface area (Å²) in [4.78, 5) is 12.8. The van der Waals surface area contributed by atoms with Crippen LogP contribution in [0.5, 0.6) is 23.0 Å². The molecule has 0 amide bonds. The molecule has 55 heavy (non-hydrogen) atoms. The van der Waals surface area contributed by atoms with Crippen molar-refractivity contribution in [2.45, 2.75) is 92.4 Å². The minimum absolute atomic E-state index is 0.0984. The fourth-order valence-electron chi connectivity index (χ4n) is 6.04. The third-order valence-electron chi connectivity index (χ3n) is 9.22. The maximum absolute atomic E-state index is 12.8. The Labute approximate surface area is 313 Å². The van der Waals surface area contributed by atoms with Crippen molar-refractivity contribution in [2.75, 3.05) is 33.5 Å². The molecule has 0 unspecified atom stereocenters. The number of esters is 1. The first-order chi connectivity index (χ1) is 26.2. The fourth-order valence-corrected chi connectivity index (χ4v) is 6.04. The van der Waals surface area contributed by atoms with Gasteiger partial charge in [0, 0.05) is 6.08 Å². The second-order valence-electron chi connectivity index (χ2n) is 13.0. The van der Waals surface area contributed by atoms with Crippen LogP contribution in [0.1, 0.15) is 11.1 Å². The molecule has 3 aliphatic heterocycles. The first kappa shape index (κ1) is 42.4. The van der Waals surface area contributed by atoms with Crippen LogP contribution >= 0.6 is 0 Å². The highest BCUT2D eigenvalue weighted by Gasteiger charge is 2.54. The van der Waals surface area contributed by atoms with Crippen molar-refractivity contribution in [1.29, 1.82) is 0 Å². The molecule has 20 heteroatoms. The standard InChI is InChI=1S/C35H46O20/c1-48-21-11-15(3-6-18(21)38)4-7-24(41)50-14-23-27(44)31(54-34-30(47)28(45)26(43)22(12-36)52-34)32(55-33-29(46)25(42)20(40)13-51-33)35(53-23)49-9-8-16-2-5-17(37)19(39)10-16/h2-7,10-11,20,22-23,25-40,42-47H,8-9,12-14H2,1H3/b7-4+/t20-,22+,23+,25-,26+,27+,28-,29+,30+,31-,32+,33-,34-,35+/m0/s1. The lowest BCUT2D eigenvalue weighted by Crippen LogP contribution is -2.66. The molecule has 2 aromatic rings. The minimum Gasteiger partial charge on any atom is -0.504 e. The number of hydrogen-bond donors (Lipinski definition) is 11. The van der Waals surface area contributed by atoms with Crippen LogP contribution in [0, 0.1) is 0 Å². The van der Waals surface area contributed by atoms with E-state index in [1.807, 2.05) is 0 Å². The Balaban J connectivity index is 1.41. The van der Waals surface area contributed by atoms with Crippen molar-refractivity contribution < 1.29 is 98.9 Å². The van der Waals surface area contributed by atoms with E-state index in [2.05, 4.69) is 0 Å². The number of hydrogen-bond acceptors (Lipinski definition) is 20. The highest BCUT2D eigenvalue weighted by atomic mass is 16.8. The van der Waals surface area contributed by atoms with Gasteiger partial charge in [0.15, 0.2) is 41.9 Å². The zero-order chi connectivity index (χ0) is 40.0. The molecule has 3 heterocycles. The molecule has 3 aliphatic rings. The molecule has 306 valence electrons. The van der Waals surface area contributed by atoms with Gasteiger partial charge >= 0.3 is 5.97 Å². The first-order valence-electron chi connectivity index (χ1n) is 17.2. The van der Waals surface area contributed by atoms with Gasteiger partial charge in [0.25, 0.3) is 0 Å². The van der Waals surface area contributed by atoms with Crippen molar-refractivity contribution in [1.82, 2.24) is 0 Å². The fraction of sp³-hybridized carbons (Fsp3) is 0.571. The number of ether oxygens (including phenoxy) is 8. The number of aromatic hydroxyl groups is 3. The smallest absolute Gasteiger partial charge is 0.330 e. The Morgan fingerprint density at radius 3 is 2.16 bits per heavy atom. The van der Waals surface area contributed by atoms with Gasteiger partial charge in [-0.2, -0.15) is 0 Å². The number of phenols is 3. The third kappa shape index (κ3) is 10.2. The van der Waals surface area contributed by atoms with Crippen molar-refractivity contribution in [3.63, 3.8) is 0 Å². The van der Waals surface area contributed by atoms with E-state index >= 15 is 0 Å². The molecular formula is C35H46O20. The van der Waals surface area contributed by atoms with E-state index < -0.39 is 118 Å². The summed E-state index contributed by atoms with van der Waals surface area (Å²) in [6.45, 7) is -2.15. The molecule has 0 spiro atoms. The van der Waals surface area contributed by atoms with Crippen LogP contribution in [0.25, 0.3) is 6.08 Å². The molecule has 0 radical (unpaired) electrons. The quantitative estimate of drug-likeness (QED) is 0.0508. The molecular weight excluding hydrogens is 740 g/mol. The number of carbonyl (C=O) groups is 1. The van der Waals surface area contributed by atoms with Crippen molar-refractivity contribution in [3.8, 4) is 23.0 Å². The average molecular weight is 787 g/mol. The Morgan fingerprint density at radius 1 is 0.764 bits per heavy atom. The molecule has 0 aliphatic carbocycles. The van der Waals surface area contributed by atoms with Crippen molar-refractivity contribution in [2.24, 2.45) is 0 Å². The van der Waals surface area contributed by atoms with Crippen molar-refractivity contribution >= 4 is 12.0 Å². The Morgan fingerprint density at radius 2 is 1.45 bits per heavy atom. The number of phenolic OH excluding ortho intramolecular Hbond substituents is 3. The lowest BCUT2D eigenvalue weighted by Gasteiger charge is -2.48. The topological polar surface area (TPSA) is 313 Å². The molecule has 0 saturated carbocycles. The summed E-state index contributed by atoms with van der Waals surface area (Å²) in [6, 6.07) is 8.37. The van der Waals surface area contributed by atoms with Gasteiger partial charge in [0.05, 0.1) is 26.9 Å². The van der Waals surface area contributed by atoms with Crippen LogP contribution in [0.15, 0.2) is 42.5 Å². The summed E-state index contributed by atoms with van der Waals surface area (Å²) in [5, 5.41) is 113. The predicted molar refractivity (Wildman–Crippen MR) is 180 cm³/mol. The highest BCUT2D eigenvalue weighted by Crippen LogP contribution is 2.34. The maximum atomic E-state index is 12.8. The van der Waals surface area contributed by atoms with Crippen LogP contribution in [-0.2, 0) is 44.4 Å². The van der Waals surface area contributed by atoms with Crippen LogP contribution in [0.2, 0.25) is 0 Å². The highest BCUT2D eigenvalue weighted by molar-refractivity contribution is 5.87. The van der Waals surface area contributed by atoms with Gasteiger partial charge < -0.3 is 94.1 Å². The number of carbonyl (C=O) groups excluding carboxylic acids is 1. The molecule has 0 aromatic heterocycles. The molecule has 3 fully saturated rings. The average Bonchev–Trinajstić information content (AvgIpc) is 3.17. The lowest BCUT2D eigenvalue weighted by atomic mass is 9.96. The monoisotopic (exact) mass is 786 g/mol. The molecule has 20 nitrogen and oxygen atoms in total. The Hall–Kier alpha value is -3.71. The third-order valence-corrected chi connectivity index (χ3v) is 9.22. The normalized spacial score (nSPS) is 35.4. The number of benzene rings is 2. The van der Waals surface area contributed by atoms with Crippen LogP contribution < -0.4 is 4.74 Å². The van der Waals surface area contributed by atoms with Crippen LogP contribution in [0.3, 0.4) is 0 Å². The zero-order valence-electron chi connectivity index (χ0n) is 29.3. The van der Waals surface area contributed by atoms with Gasteiger partial charge in [0.2, 0.25) is 0 Å². The molecule has 3 saturated heterocycles. The van der Waals surface area contributed by atoms with Gasteiger partial charge in [-0.15, -0.1) is 0 Å². The summed E-state index contributed by atoms with van der Waals surface area (Å²) in [6.07, 6.45) is -21.5. The molecule has 5 rings (SSSR count). The van der Waals surface area contributed by atoms with Crippen LogP contribution in [0.4, 0.5) is 0 Å². The van der Waals surface area contributed by atoms with E-state index in [-0.39, 0.29) is 30.3 Å². The number of aliphatic hydroxyl groups excluding tert-OH is 8.